The molecule has 1 heterocycles. The zero-order valence-corrected chi connectivity index (χ0v) is 15.3. The summed E-state index contributed by atoms with van der Waals surface area (Å²) in [5.41, 5.74) is 1.51. The maximum atomic E-state index is 9.97. The van der Waals surface area contributed by atoms with E-state index in [0.29, 0.717) is 17.5 Å². The minimum absolute atomic E-state index is 0.126. The van der Waals surface area contributed by atoms with Crippen LogP contribution in [-0.4, -0.2) is 32.3 Å². The van der Waals surface area contributed by atoms with Gasteiger partial charge in [0.15, 0.2) is 11.5 Å². The number of rotatable bonds is 4. The number of aromatic nitrogens is 1. The Balaban J connectivity index is 1.69. The average molecular weight is 373 g/mol. The zero-order chi connectivity index (χ0) is 18.1. The molecule has 2 fully saturated rings. The van der Waals surface area contributed by atoms with Gasteiger partial charge in [-0.05, 0) is 31.7 Å². The second kappa shape index (κ2) is 7.15. The van der Waals surface area contributed by atoms with Gasteiger partial charge in [0.25, 0.3) is 0 Å². The number of aromatic hydroxyl groups is 3. The molecule has 0 radical (unpaired) electrons. The topological polar surface area (TPSA) is 90.3 Å². The standard InChI is InChI=1S/C19H23N3O3S/c23-16-9-18(25)17(24)8-13(16)10-20-22-15(12-6-7-12)11-26-19(22)21-14-4-2-1-3-5-14/h8-12,14,23-25H,1-7H2/b20-10+,21-19-. The number of phenols is 3. The zero-order valence-electron chi connectivity index (χ0n) is 14.5. The minimum atomic E-state index is -0.352. The van der Waals surface area contributed by atoms with Gasteiger partial charge in [0, 0.05) is 22.9 Å². The Hall–Kier alpha value is -2.28. The van der Waals surface area contributed by atoms with Gasteiger partial charge in [-0.2, -0.15) is 5.10 Å². The van der Waals surface area contributed by atoms with Gasteiger partial charge in [-0.3, -0.25) is 4.99 Å². The quantitative estimate of drug-likeness (QED) is 0.434. The molecule has 0 spiro atoms. The second-order valence-electron chi connectivity index (χ2n) is 7.09. The van der Waals surface area contributed by atoms with Gasteiger partial charge in [-0.25, -0.2) is 4.68 Å². The number of hydrogen-bond donors (Lipinski definition) is 3. The van der Waals surface area contributed by atoms with Gasteiger partial charge >= 0.3 is 0 Å². The molecular weight excluding hydrogens is 350 g/mol. The van der Waals surface area contributed by atoms with Gasteiger partial charge in [-0.1, -0.05) is 19.3 Å². The molecule has 0 saturated heterocycles. The summed E-state index contributed by atoms with van der Waals surface area (Å²) in [6, 6.07) is 2.78. The van der Waals surface area contributed by atoms with Crippen molar-refractivity contribution >= 4 is 17.6 Å². The van der Waals surface area contributed by atoms with Crippen LogP contribution in [0.5, 0.6) is 17.2 Å². The molecular formula is C19H23N3O3S. The number of nitrogens with zero attached hydrogens (tertiary/aromatic N) is 3. The van der Waals surface area contributed by atoms with Gasteiger partial charge in [0.1, 0.15) is 5.75 Å². The van der Waals surface area contributed by atoms with Gasteiger partial charge in [-0.15, -0.1) is 11.3 Å². The van der Waals surface area contributed by atoms with Crippen molar-refractivity contribution in [2.24, 2.45) is 10.1 Å². The van der Waals surface area contributed by atoms with E-state index in [9.17, 15) is 15.3 Å². The highest BCUT2D eigenvalue weighted by molar-refractivity contribution is 7.07. The smallest absolute Gasteiger partial charge is 0.206 e. The molecule has 2 aromatic rings. The molecule has 0 aliphatic heterocycles. The van der Waals surface area contributed by atoms with Crippen molar-refractivity contribution in [3.8, 4) is 17.2 Å². The lowest BCUT2D eigenvalue weighted by Gasteiger charge is -2.16. The van der Waals surface area contributed by atoms with Crippen LogP contribution >= 0.6 is 11.3 Å². The number of thiazole rings is 1. The van der Waals surface area contributed by atoms with E-state index in [4.69, 9.17) is 4.99 Å². The predicted octanol–water partition coefficient (Wildman–Crippen LogP) is 3.66. The molecule has 6 nitrogen and oxygen atoms in total. The third-order valence-corrected chi connectivity index (χ3v) is 5.86. The fraction of sp³-hybridized carbons (Fsp3) is 0.474. The van der Waals surface area contributed by atoms with Crippen molar-refractivity contribution in [3.05, 3.63) is 33.6 Å². The summed E-state index contributed by atoms with van der Waals surface area (Å²) < 4.78 is 1.88. The van der Waals surface area contributed by atoms with E-state index in [0.717, 1.165) is 29.4 Å². The lowest BCUT2D eigenvalue weighted by Crippen LogP contribution is -2.19. The van der Waals surface area contributed by atoms with Crippen molar-refractivity contribution in [1.82, 2.24) is 4.68 Å². The molecule has 2 aliphatic rings. The summed E-state index contributed by atoms with van der Waals surface area (Å²) in [6.07, 6.45) is 9.87. The first kappa shape index (κ1) is 17.1. The molecule has 4 rings (SSSR count). The molecule has 1 aromatic carbocycles. The monoisotopic (exact) mass is 373 g/mol. The molecule has 138 valence electrons. The molecule has 26 heavy (non-hydrogen) atoms. The first-order chi connectivity index (χ1) is 12.6. The Labute approximate surface area is 155 Å². The van der Waals surface area contributed by atoms with Crippen molar-refractivity contribution in [2.45, 2.75) is 56.9 Å². The van der Waals surface area contributed by atoms with Crippen LogP contribution in [0.1, 0.15) is 62.1 Å². The van der Waals surface area contributed by atoms with Crippen molar-refractivity contribution in [2.75, 3.05) is 0 Å². The van der Waals surface area contributed by atoms with Gasteiger partial charge in [0.2, 0.25) is 4.80 Å². The Morgan fingerprint density at radius 2 is 1.69 bits per heavy atom. The summed E-state index contributed by atoms with van der Waals surface area (Å²) in [4.78, 5) is 5.82. The van der Waals surface area contributed by atoms with Crippen LogP contribution in [0.3, 0.4) is 0 Å². The van der Waals surface area contributed by atoms with Crippen LogP contribution in [0, 0.1) is 0 Å². The fourth-order valence-electron chi connectivity index (χ4n) is 3.34. The third kappa shape index (κ3) is 3.62. The van der Waals surface area contributed by atoms with Crippen molar-refractivity contribution in [3.63, 3.8) is 0 Å². The van der Waals surface area contributed by atoms with E-state index in [1.54, 1.807) is 11.3 Å². The summed E-state index contributed by atoms with van der Waals surface area (Å²) in [7, 11) is 0. The van der Waals surface area contributed by atoms with E-state index in [2.05, 4.69) is 10.5 Å². The van der Waals surface area contributed by atoms with Gasteiger partial charge < -0.3 is 15.3 Å². The Morgan fingerprint density at radius 3 is 2.42 bits per heavy atom. The first-order valence-electron chi connectivity index (χ1n) is 9.15. The van der Waals surface area contributed by atoms with Crippen LogP contribution in [0.25, 0.3) is 0 Å². The first-order valence-corrected chi connectivity index (χ1v) is 10.0. The molecule has 0 atom stereocenters. The Kier molecular flexibility index (Phi) is 4.72. The van der Waals surface area contributed by atoms with Crippen molar-refractivity contribution in [1.29, 1.82) is 0 Å². The summed E-state index contributed by atoms with van der Waals surface area (Å²) in [6.45, 7) is 0. The highest BCUT2D eigenvalue weighted by atomic mass is 32.1. The Bertz CT molecular complexity index is 890. The maximum absolute atomic E-state index is 9.97. The lowest BCUT2D eigenvalue weighted by atomic mass is 9.96. The highest BCUT2D eigenvalue weighted by Gasteiger charge is 2.28. The highest BCUT2D eigenvalue weighted by Crippen LogP contribution is 2.40. The van der Waals surface area contributed by atoms with E-state index in [1.165, 1.54) is 44.4 Å². The molecule has 0 bridgehead atoms. The van der Waals surface area contributed by atoms with Crippen LogP contribution in [0.4, 0.5) is 0 Å². The van der Waals surface area contributed by atoms with Crippen LogP contribution in [0.15, 0.2) is 27.6 Å². The summed E-state index contributed by atoms with van der Waals surface area (Å²) in [5, 5.41) is 35.8. The van der Waals surface area contributed by atoms with E-state index in [1.807, 2.05) is 4.68 Å². The second-order valence-corrected chi connectivity index (χ2v) is 7.93. The summed E-state index contributed by atoms with van der Waals surface area (Å²) in [5.74, 6) is -0.234. The molecule has 3 N–H and O–H groups in total. The number of hydrogen-bond acceptors (Lipinski definition) is 6. The van der Waals surface area contributed by atoms with Crippen LogP contribution in [-0.2, 0) is 0 Å². The lowest BCUT2D eigenvalue weighted by molar-refractivity contribution is 0.396. The molecule has 2 aliphatic carbocycles. The molecule has 0 unspecified atom stereocenters. The Morgan fingerprint density at radius 1 is 0.962 bits per heavy atom. The number of benzene rings is 1. The SMILES string of the molecule is Oc1cc(O)c(/C=N/n2c(C3CC3)cs/c2=N\C2CCCCC2)cc1O. The van der Waals surface area contributed by atoms with E-state index in [-0.39, 0.29) is 17.2 Å². The summed E-state index contributed by atoms with van der Waals surface area (Å²) >= 11 is 1.61. The van der Waals surface area contributed by atoms with Crippen molar-refractivity contribution < 1.29 is 15.3 Å². The molecule has 2 saturated carbocycles. The average Bonchev–Trinajstić information content (AvgIpc) is 3.40. The number of phenolic OH excluding ortho intramolecular Hbond substituents is 3. The fourth-order valence-corrected chi connectivity index (χ4v) is 4.33. The van der Waals surface area contributed by atoms with E-state index >= 15 is 0 Å². The van der Waals surface area contributed by atoms with E-state index < -0.39 is 0 Å². The maximum Gasteiger partial charge on any atom is 0.206 e. The largest absolute Gasteiger partial charge is 0.507 e. The minimum Gasteiger partial charge on any atom is -0.507 e. The predicted molar refractivity (Wildman–Crippen MR) is 101 cm³/mol. The molecule has 0 amide bonds. The molecule has 7 heteroatoms. The normalized spacial score (nSPS) is 19.5. The van der Waals surface area contributed by atoms with Gasteiger partial charge in [0.05, 0.1) is 18.0 Å². The van der Waals surface area contributed by atoms with Crippen LogP contribution in [0.2, 0.25) is 0 Å². The molecule has 1 aromatic heterocycles. The van der Waals surface area contributed by atoms with Crippen LogP contribution < -0.4 is 4.80 Å². The third-order valence-electron chi connectivity index (χ3n) is 5.01.